The molecule has 4 rings (SSSR count). The number of amides is 4. The molecule has 0 saturated carbocycles. The first-order valence-corrected chi connectivity index (χ1v) is 12.6. The number of carbonyl (C=O) groups excluding carboxylic acids is 2. The minimum absolute atomic E-state index is 0.131. The van der Waals surface area contributed by atoms with Crippen LogP contribution in [-0.2, 0) is 0 Å². The van der Waals surface area contributed by atoms with Crippen molar-refractivity contribution in [1.82, 2.24) is 14.7 Å². The monoisotopic (exact) mass is 494 g/mol. The molecule has 2 aromatic rings. The second-order valence-corrected chi connectivity index (χ2v) is 9.76. The Bertz CT molecular complexity index is 1100. The van der Waals surface area contributed by atoms with Gasteiger partial charge in [-0.15, -0.1) is 0 Å². The Morgan fingerprint density at radius 2 is 1.33 bits per heavy atom. The van der Waals surface area contributed by atoms with E-state index in [1.165, 1.54) is 5.56 Å². The van der Waals surface area contributed by atoms with Crippen LogP contribution in [0.15, 0.2) is 30.3 Å². The van der Waals surface area contributed by atoms with Gasteiger partial charge >= 0.3 is 12.1 Å². The molecule has 0 aromatic heterocycles. The number of rotatable bonds is 4. The fourth-order valence-electron chi connectivity index (χ4n) is 4.67. The maximum absolute atomic E-state index is 13.0. The molecular formula is C27H38N6O3. The third kappa shape index (κ3) is 5.84. The lowest BCUT2D eigenvalue weighted by molar-refractivity contribution is 0.156. The number of aryl methyl sites for hydroxylation is 3. The number of hydrogen-bond donors (Lipinski definition) is 2. The molecule has 0 unspecified atom stereocenters. The highest BCUT2D eigenvalue weighted by molar-refractivity contribution is 5.92. The number of hydrogen-bond acceptors (Lipinski definition) is 5. The van der Waals surface area contributed by atoms with Crippen molar-refractivity contribution in [2.24, 2.45) is 0 Å². The number of nitrogens with zero attached hydrogens (tertiary/aromatic N) is 4. The topological polar surface area (TPSA) is 80.4 Å². The van der Waals surface area contributed by atoms with Gasteiger partial charge in [-0.25, -0.2) is 9.59 Å². The summed E-state index contributed by atoms with van der Waals surface area (Å²) in [4.78, 5) is 33.9. The van der Waals surface area contributed by atoms with E-state index in [1.54, 1.807) is 16.9 Å². The van der Waals surface area contributed by atoms with Crippen LogP contribution in [0.25, 0.3) is 0 Å². The fraction of sp³-hybridized carbons (Fsp3) is 0.481. The molecule has 2 N–H and O–H groups in total. The highest BCUT2D eigenvalue weighted by Gasteiger charge is 2.25. The summed E-state index contributed by atoms with van der Waals surface area (Å²) in [5.41, 5.74) is 5.95. The molecule has 2 heterocycles. The van der Waals surface area contributed by atoms with E-state index in [2.05, 4.69) is 40.5 Å². The van der Waals surface area contributed by atoms with E-state index in [4.69, 9.17) is 4.74 Å². The van der Waals surface area contributed by atoms with Gasteiger partial charge in [0.15, 0.2) is 0 Å². The highest BCUT2D eigenvalue weighted by Crippen LogP contribution is 2.32. The Kier molecular flexibility index (Phi) is 7.88. The molecule has 2 fully saturated rings. The van der Waals surface area contributed by atoms with E-state index < -0.39 is 0 Å². The van der Waals surface area contributed by atoms with Gasteiger partial charge in [0.1, 0.15) is 5.75 Å². The SMILES string of the molecule is COc1ccc(NC(=O)N2CCN(C(=O)Nc3cc(C)c(C)cc3C)CC2)cc1N1CCN(C)CC1. The zero-order chi connectivity index (χ0) is 25.8. The highest BCUT2D eigenvalue weighted by atomic mass is 16.5. The summed E-state index contributed by atoms with van der Waals surface area (Å²) in [7, 11) is 3.79. The number of anilines is 3. The summed E-state index contributed by atoms with van der Waals surface area (Å²) in [5, 5.41) is 6.06. The fourth-order valence-corrected chi connectivity index (χ4v) is 4.67. The van der Waals surface area contributed by atoms with Crippen molar-refractivity contribution in [2.45, 2.75) is 20.8 Å². The van der Waals surface area contributed by atoms with Gasteiger partial charge in [-0.2, -0.15) is 0 Å². The van der Waals surface area contributed by atoms with Crippen LogP contribution < -0.4 is 20.3 Å². The quantitative estimate of drug-likeness (QED) is 0.677. The number of methoxy groups -OCH3 is 1. The summed E-state index contributed by atoms with van der Waals surface area (Å²) < 4.78 is 5.58. The molecule has 9 nitrogen and oxygen atoms in total. The molecule has 0 spiro atoms. The summed E-state index contributed by atoms with van der Waals surface area (Å²) in [6.07, 6.45) is 0. The normalized spacial score (nSPS) is 16.6. The Hall–Kier alpha value is -3.46. The second-order valence-electron chi connectivity index (χ2n) is 9.76. The molecular weight excluding hydrogens is 456 g/mol. The Labute approximate surface area is 214 Å². The number of urea groups is 2. The predicted octanol–water partition coefficient (Wildman–Crippen LogP) is 3.75. The largest absolute Gasteiger partial charge is 0.495 e. The number of benzene rings is 2. The molecule has 0 aliphatic carbocycles. The van der Waals surface area contributed by atoms with E-state index >= 15 is 0 Å². The Morgan fingerprint density at radius 3 is 1.94 bits per heavy atom. The first-order valence-electron chi connectivity index (χ1n) is 12.6. The van der Waals surface area contributed by atoms with Gasteiger partial charge in [-0.3, -0.25) is 0 Å². The number of piperazine rings is 2. The molecule has 36 heavy (non-hydrogen) atoms. The number of nitrogens with one attached hydrogen (secondary N) is 2. The molecule has 9 heteroatoms. The standard InChI is InChI=1S/C27H38N6O3/c1-19-16-21(3)23(17-20(19)2)29-27(35)33-14-12-32(13-15-33)26(34)28-22-6-7-25(36-5)24(18-22)31-10-8-30(4)9-11-31/h6-7,16-18H,8-15H2,1-5H3,(H,28,34)(H,29,35). The minimum Gasteiger partial charge on any atom is -0.495 e. The Morgan fingerprint density at radius 1 is 0.750 bits per heavy atom. The van der Waals surface area contributed by atoms with Crippen LogP contribution in [0.3, 0.4) is 0 Å². The summed E-state index contributed by atoms with van der Waals surface area (Å²) in [6, 6.07) is 9.56. The van der Waals surface area contributed by atoms with Crippen LogP contribution >= 0.6 is 0 Å². The van der Waals surface area contributed by atoms with Crippen LogP contribution in [0.5, 0.6) is 5.75 Å². The van der Waals surface area contributed by atoms with E-state index in [1.807, 2.05) is 38.1 Å². The summed E-state index contributed by atoms with van der Waals surface area (Å²) >= 11 is 0. The lowest BCUT2D eigenvalue weighted by Crippen LogP contribution is -2.52. The third-order valence-electron chi connectivity index (χ3n) is 7.21. The van der Waals surface area contributed by atoms with Gasteiger partial charge in [0.25, 0.3) is 0 Å². The van der Waals surface area contributed by atoms with Gasteiger partial charge < -0.3 is 35.0 Å². The van der Waals surface area contributed by atoms with Gasteiger partial charge in [0.2, 0.25) is 0 Å². The lowest BCUT2D eigenvalue weighted by Gasteiger charge is -2.35. The smallest absolute Gasteiger partial charge is 0.321 e. The van der Waals surface area contributed by atoms with Gasteiger partial charge in [-0.05, 0) is 68.8 Å². The average molecular weight is 495 g/mol. The van der Waals surface area contributed by atoms with Gasteiger partial charge in [0.05, 0.1) is 12.8 Å². The molecule has 0 bridgehead atoms. The maximum atomic E-state index is 13.0. The average Bonchev–Trinajstić information content (AvgIpc) is 2.87. The zero-order valence-corrected chi connectivity index (χ0v) is 22.1. The second kappa shape index (κ2) is 11.1. The molecule has 0 atom stereocenters. The van der Waals surface area contributed by atoms with E-state index in [0.29, 0.717) is 26.2 Å². The van der Waals surface area contributed by atoms with Gasteiger partial charge in [-0.1, -0.05) is 6.07 Å². The van der Waals surface area contributed by atoms with Crippen molar-refractivity contribution in [3.8, 4) is 5.75 Å². The van der Waals surface area contributed by atoms with Crippen molar-refractivity contribution < 1.29 is 14.3 Å². The predicted molar refractivity (Wildman–Crippen MR) is 145 cm³/mol. The van der Waals surface area contributed by atoms with Crippen molar-refractivity contribution in [1.29, 1.82) is 0 Å². The van der Waals surface area contributed by atoms with Crippen LogP contribution in [0.1, 0.15) is 16.7 Å². The molecule has 2 aliphatic rings. The summed E-state index contributed by atoms with van der Waals surface area (Å²) in [6.45, 7) is 11.8. The molecule has 2 aliphatic heterocycles. The van der Waals surface area contributed by atoms with Crippen molar-refractivity contribution in [3.05, 3.63) is 47.0 Å². The van der Waals surface area contributed by atoms with E-state index in [9.17, 15) is 9.59 Å². The molecule has 2 saturated heterocycles. The van der Waals surface area contributed by atoms with Crippen molar-refractivity contribution in [2.75, 3.05) is 82.0 Å². The maximum Gasteiger partial charge on any atom is 0.321 e. The first kappa shape index (κ1) is 25.6. The van der Waals surface area contributed by atoms with Crippen LogP contribution in [-0.4, -0.2) is 93.3 Å². The Balaban J connectivity index is 1.33. The van der Waals surface area contributed by atoms with Crippen molar-refractivity contribution in [3.63, 3.8) is 0 Å². The van der Waals surface area contributed by atoms with E-state index in [-0.39, 0.29) is 12.1 Å². The van der Waals surface area contributed by atoms with Gasteiger partial charge in [0, 0.05) is 63.7 Å². The number of likely N-dealkylation sites (N-methyl/N-ethyl adjacent to an activating group) is 1. The van der Waals surface area contributed by atoms with Crippen LogP contribution in [0.4, 0.5) is 26.7 Å². The van der Waals surface area contributed by atoms with E-state index in [0.717, 1.165) is 60.1 Å². The summed E-state index contributed by atoms with van der Waals surface area (Å²) in [5.74, 6) is 0.802. The molecule has 194 valence electrons. The van der Waals surface area contributed by atoms with Crippen molar-refractivity contribution >= 4 is 29.1 Å². The minimum atomic E-state index is -0.158. The number of carbonyl (C=O) groups is 2. The zero-order valence-electron chi connectivity index (χ0n) is 22.1. The van der Waals surface area contributed by atoms with Crippen LogP contribution in [0, 0.1) is 20.8 Å². The molecule has 2 aromatic carbocycles. The third-order valence-corrected chi connectivity index (χ3v) is 7.21. The number of ether oxygens (including phenoxy) is 1. The molecule has 4 amide bonds. The van der Waals surface area contributed by atoms with Crippen LogP contribution in [0.2, 0.25) is 0 Å². The lowest BCUT2D eigenvalue weighted by atomic mass is 10.1. The molecule has 0 radical (unpaired) electrons. The first-order chi connectivity index (χ1) is 17.2.